The Morgan fingerprint density at radius 2 is 1.79 bits per heavy atom. The maximum atomic E-state index is 12.4. The minimum Gasteiger partial charge on any atom is -0.506 e. The molecule has 0 atom stereocenters. The molecule has 0 bridgehead atoms. The van der Waals surface area contributed by atoms with Crippen LogP contribution >= 0.6 is 11.6 Å². The fourth-order valence-corrected chi connectivity index (χ4v) is 4.29. The lowest BCUT2D eigenvalue weighted by Crippen LogP contribution is -2.26. The van der Waals surface area contributed by atoms with Crippen molar-refractivity contribution in [2.24, 2.45) is 5.10 Å². The van der Waals surface area contributed by atoms with E-state index in [1.165, 1.54) is 34.9 Å². The zero-order chi connectivity index (χ0) is 27.1. The van der Waals surface area contributed by atoms with Crippen LogP contribution in [0.3, 0.4) is 0 Å². The average Bonchev–Trinajstić information content (AvgIpc) is 2.91. The van der Waals surface area contributed by atoms with Gasteiger partial charge >= 0.3 is 0 Å². The Morgan fingerprint density at radius 1 is 1.00 bits per heavy atom. The topological polar surface area (TPSA) is 74.2 Å². The Hall–Kier alpha value is -3.87. The predicted molar refractivity (Wildman–Crippen MR) is 155 cm³/mol. The summed E-state index contributed by atoms with van der Waals surface area (Å²) in [6.45, 7) is 6.65. The number of hydrogen-bond donors (Lipinski definition) is 2. The second-order valence-electron chi connectivity index (χ2n) is 9.38. The number of aromatic hydroxyl groups is 1. The van der Waals surface area contributed by atoms with Crippen LogP contribution in [0.25, 0.3) is 10.8 Å². The van der Waals surface area contributed by atoms with Gasteiger partial charge in [-0.25, -0.2) is 5.43 Å². The van der Waals surface area contributed by atoms with Crippen molar-refractivity contribution in [3.8, 4) is 11.5 Å². The number of phenols is 1. The number of carbonyl (C=O) groups is 1. The van der Waals surface area contributed by atoms with E-state index in [4.69, 9.17) is 16.3 Å². The number of nitrogens with one attached hydrogen (secondary N) is 1. The number of carbonyl (C=O) groups excluding carboxylic acids is 1. The van der Waals surface area contributed by atoms with Crippen molar-refractivity contribution in [3.05, 3.63) is 106 Å². The average molecular weight is 530 g/mol. The fraction of sp³-hybridized carbons (Fsp3) is 0.226. The van der Waals surface area contributed by atoms with Crippen molar-refractivity contribution in [2.45, 2.75) is 20.3 Å². The molecule has 1 amide bonds. The van der Waals surface area contributed by atoms with Crippen molar-refractivity contribution >= 4 is 34.5 Å². The number of amides is 1. The molecule has 0 aliphatic carbocycles. The van der Waals surface area contributed by atoms with Gasteiger partial charge in [-0.1, -0.05) is 54.1 Å². The molecule has 0 saturated carbocycles. The van der Waals surface area contributed by atoms with E-state index in [0.29, 0.717) is 12.2 Å². The molecule has 4 aromatic carbocycles. The largest absolute Gasteiger partial charge is 0.506 e. The molecule has 0 spiro atoms. The second-order valence-corrected chi connectivity index (χ2v) is 9.79. The highest BCUT2D eigenvalue weighted by molar-refractivity contribution is 6.32. The normalized spacial score (nSPS) is 11.4. The standard InChI is InChI=1S/C31H32ClN3O3/c1-21-8-9-23(18-22(21)2)14-15-35(3)16-17-38-30-13-11-25(26-6-4-5-7-27(26)30)20-33-34-31(37)24-10-12-29(36)28(32)19-24/h4-13,18-20,36H,14-17H2,1-3H3,(H,34,37)/b33-20+. The lowest BCUT2D eigenvalue weighted by atomic mass is 10.0. The number of hydrogen-bond acceptors (Lipinski definition) is 5. The Balaban J connectivity index is 1.34. The lowest BCUT2D eigenvalue weighted by Gasteiger charge is -2.18. The van der Waals surface area contributed by atoms with Crippen LogP contribution in [0.1, 0.15) is 32.6 Å². The highest BCUT2D eigenvalue weighted by atomic mass is 35.5. The molecule has 0 aliphatic heterocycles. The van der Waals surface area contributed by atoms with Gasteiger partial charge in [0.2, 0.25) is 0 Å². The van der Waals surface area contributed by atoms with E-state index in [2.05, 4.69) is 54.5 Å². The molecule has 0 radical (unpaired) electrons. The van der Waals surface area contributed by atoms with Crippen molar-refractivity contribution in [2.75, 3.05) is 26.7 Å². The summed E-state index contributed by atoms with van der Waals surface area (Å²) >= 11 is 5.89. The van der Waals surface area contributed by atoms with Crippen molar-refractivity contribution in [1.82, 2.24) is 10.3 Å². The summed E-state index contributed by atoms with van der Waals surface area (Å²) in [5.41, 5.74) is 7.67. The molecule has 7 heteroatoms. The van der Waals surface area contributed by atoms with E-state index in [0.717, 1.165) is 41.6 Å². The number of phenolic OH excluding ortho intramolecular Hbond substituents is 1. The molecule has 0 heterocycles. The second kappa shape index (κ2) is 12.6. The van der Waals surface area contributed by atoms with Crippen LogP contribution in [0.4, 0.5) is 0 Å². The van der Waals surface area contributed by atoms with Gasteiger partial charge < -0.3 is 14.7 Å². The number of hydrazone groups is 1. The van der Waals surface area contributed by atoms with Crippen LogP contribution < -0.4 is 10.2 Å². The number of fused-ring (bicyclic) bond motifs is 1. The van der Waals surface area contributed by atoms with Crippen LogP contribution in [-0.2, 0) is 6.42 Å². The molecular weight excluding hydrogens is 498 g/mol. The highest BCUT2D eigenvalue weighted by Gasteiger charge is 2.09. The first kappa shape index (κ1) is 27.2. The van der Waals surface area contributed by atoms with E-state index in [-0.39, 0.29) is 10.8 Å². The van der Waals surface area contributed by atoms with Crippen molar-refractivity contribution < 1.29 is 14.6 Å². The van der Waals surface area contributed by atoms with Crippen molar-refractivity contribution in [1.29, 1.82) is 0 Å². The van der Waals surface area contributed by atoms with Gasteiger partial charge in [0, 0.05) is 29.6 Å². The maximum absolute atomic E-state index is 12.4. The van der Waals surface area contributed by atoms with E-state index >= 15 is 0 Å². The first-order valence-electron chi connectivity index (χ1n) is 12.5. The summed E-state index contributed by atoms with van der Waals surface area (Å²) in [4.78, 5) is 14.6. The summed E-state index contributed by atoms with van der Waals surface area (Å²) in [6.07, 6.45) is 2.61. The zero-order valence-electron chi connectivity index (χ0n) is 21.9. The molecule has 0 unspecified atom stereocenters. The lowest BCUT2D eigenvalue weighted by molar-refractivity contribution is 0.0955. The number of rotatable bonds is 10. The number of likely N-dealkylation sites (N-methyl/N-ethyl adjacent to an activating group) is 1. The minimum absolute atomic E-state index is 0.0792. The molecule has 2 N–H and O–H groups in total. The van der Waals surface area contributed by atoms with Crippen LogP contribution in [0, 0.1) is 13.8 Å². The van der Waals surface area contributed by atoms with E-state index in [1.807, 2.05) is 36.4 Å². The summed E-state index contributed by atoms with van der Waals surface area (Å²) in [5, 5.41) is 15.7. The Kier molecular flexibility index (Phi) is 9.00. The van der Waals surface area contributed by atoms with Crippen LogP contribution in [0.2, 0.25) is 5.02 Å². The summed E-state index contributed by atoms with van der Waals surface area (Å²) in [5.74, 6) is 0.307. The van der Waals surface area contributed by atoms with Gasteiger partial charge in [-0.05, 0) is 79.7 Å². The highest BCUT2D eigenvalue weighted by Crippen LogP contribution is 2.28. The molecule has 0 aromatic heterocycles. The predicted octanol–water partition coefficient (Wildman–Crippen LogP) is 6.13. The summed E-state index contributed by atoms with van der Waals surface area (Å²) in [6, 6.07) is 22.7. The van der Waals surface area contributed by atoms with Gasteiger partial charge in [0.1, 0.15) is 18.1 Å². The molecule has 0 aliphatic rings. The fourth-order valence-electron chi connectivity index (χ4n) is 4.11. The van der Waals surface area contributed by atoms with Gasteiger partial charge in [-0.3, -0.25) is 4.79 Å². The Morgan fingerprint density at radius 3 is 2.55 bits per heavy atom. The summed E-state index contributed by atoms with van der Waals surface area (Å²) < 4.78 is 6.16. The van der Waals surface area contributed by atoms with E-state index < -0.39 is 5.91 Å². The van der Waals surface area contributed by atoms with Gasteiger partial charge in [0.05, 0.1) is 11.2 Å². The third kappa shape index (κ3) is 6.91. The smallest absolute Gasteiger partial charge is 0.271 e. The van der Waals surface area contributed by atoms with Crippen LogP contribution in [0.5, 0.6) is 11.5 Å². The Bertz CT molecular complexity index is 1470. The zero-order valence-corrected chi connectivity index (χ0v) is 22.6. The first-order valence-corrected chi connectivity index (χ1v) is 12.9. The molecular formula is C31H32ClN3O3. The molecule has 0 fully saturated rings. The third-order valence-corrected chi connectivity index (χ3v) is 6.88. The monoisotopic (exact) mass is 529 g/mol. The molecule has 4 rings (SSSR count). The van der Waals surface area contributed by atoms with E-state index in [1.54, 1.807) is 6.21 Å². The van der Waals surface area contributed by atoms with Crippen LogP contribution in [0.15, 0.2) is 77.9 Å². The van der Waals surface area contributed by atoms with E-state index in [9.17, 15) is 9.90 Å². The number of ether oxygens (including phenoxy) is 1. The minimum atomic E-state index is -0.422. The number of benzene rings is 4. The molecule has 196 valence electrons. The third-order valence-electron chi connectivity index (χ3n) is 6.58. The van der Waals surface area contributed by atoms with Gasteiger partial charge in [0.15, 0.2) is 0 Å². The number of nitrogens with zero attached hydrogens (tertiary/aromatic N) is 2. The van der Waals surface area contributed by atoms with Gasteiger partial charge in [-0.2, -0.15) is 5.10 Å². The number of halogens is 1. The Labute approximate surface area is 228 Å². The van der Waals surface area contributed by atoms with Crippen LogP contribution in [-0.4, -0.2) is 48.9 Å². The van der Waals surface area contributed by atoms with Crippen molar-refractivity contribution in [3.63, 3.8) is 0 Å². The molecule has 0 saturated heterocycles. The first-order chi connectivity index (χ1) is 18.3. The SMILES string of the molecule is Cc1ccc(CCN(C)CCOc2ccc(/C=N/NC(=O)c3ccc(O)c(Cl)c3)c3ccccc23)cc1C. The summed E-state index contributed by atoms with van der Waals surface area (Å²) in [7, 11) is 2.11. The molecule has 6 nitrogen and oxygen atoms in total. The van der Waals surface area contributed by atoms with Gasteiger partial charge in [-0.15, -0.1) is 0 Å². The van der Waals surface area contributed by atoms with Gasteiger partial charge in [0.25, 0.3) is 5.91 Å². The molecule has 4 aromatic rings. The number of aryl methyl sites for hydroxylation is 2. The molecule has 38 heavy (non-hydrogen) atoms. The maximum Gasteiger partial charge on any atom is 0.271 e. The quantitative estimate of drug-likeness (QED) is 0.191.